The van der Waals surface area contributed by atoms with E-state index in [0.717, 1.165) is 72.3 Å². The van der Waals surface area contributed by atoms with E-state index < -0.39 is 23.8 Å². The number of unbranched alkanes of at least 4 members (excludes halogenated alkanes) is 4. The van der Waals surface area contributed by atoms with Gasteiger partial charge in [-0.15, -0.1) is 0 Å². The zero-order valence-corrected chi connectivity index (χ0v) is 33.2. The highest BCUT2D eigenvalue weighted by molar-refractivity contribution is 5.99. The van der Waals surface area contributed by atoms with E-state index in [0.29, 0.717) is 17.8 Å². The van der Waals surface area contributed by atoms with Gasteiger partial charge in [-0.2, -0.15) is 0 Å². The Kier molecular flexibility index (Phi) is 15.2. The van der Waals surface area contributed by atoms with Crippen molar-refractivity contribution in [3.05, 3.63) is 102 Å². The predicted octanol–water partition coefficient (Wildman–Crippen LogP) is 10.4. The molecule has 1 aromatic heterocycles. The third-order valence-electron chi connectivity index (χ3n) is 10.8. The number of ether oxygens (including phenoxy) is 1. The molecule has 1 heterocycles. The van der Waals surface area contributed by atoms with E-state index >= 15 is 0 Å². The van der Waals surface area contributed by atoms with Crippen molar-refractivity contribution in [1.82, 2.24) is 15.3 Å². The number of Topliss-reactive ketones (excluding diaryl/α,β-unsaturated/α-hetero) is 1. The normalized spacial score (nSPS) is 14.5. The number of rotatable bonds is 19. The summed E-state index contributed by atoms with van der Waals surface area (Å²) in [6, 6.07) is 22.3. The fraction of sp³-hybridized carbons (Fsp3) is 0.468. The molecule has 2 N–H and O–H groups in total. The Morgan fingerprint density at radius 2 is 1.44 bits per heavy atom. The molecule has 1 saturated carbocycles. The molecule has 1 fully saturated rings. The Balaban J connectivity index is 1.25. The van der Waals surface area contributed by atoms with Gasteiger partial charge in [-0.1, -0.05) is 146 Å². The van der Waals surface area contributed by atoms with E-state index in [1.807, 2.05) is 85.2 Å². The number of aliphatic carboxylic acids is 1. The average molecular weight is 746 g/mol. The number of nitrogens with zero attached hydrogens (tertiary/aromatic N) is 2. The first-order valence-electron chi connectivity index (χ1n) is 20.3. The van der Waals surface area contributed by atoms with Gasteiger partial charge >= 0.3 is 5.97 Å². The van der Waals surface area contributed by atoms with Crippen LogP contribution in [0.2, 0.25) is 0 Å². The summed E-state index contributed by atoms with van der Waals surface area (Å²) in [6.45, 7) is 9.31. The second-order valence-corrected chi connectivity index (χ2v) is 16.3. The fourth-order valence-corrected chi connectivity index (χ4v) is 7.36. The Bertz CT molecular complexity index is 1810. The third-order valence-corrected chi connectivity index (χ3v) is 10.8. The van der Waals surface area contributed by atoms with Crippen LogP contribution in [0.1, 0.15) is 126 Å². The average Bonchev–Trinajstić information content (AvgIpc) is 3.19. The number of carboxylic acids is 1. The molecule has 2 atom stereocenters. The summed E-state index contributed by atoms with van der Waals surface area (Å²) in [7, 11) is 0. The van der Waals surface area contributed by atoms with Crippen LogP contribution in [0.25, 0.3) is 22.5 Å². The smallest absolute Gasteiger partial charge is 0.326 e. The highest BCUT2D eigenvalue weighted by atomic mass is 16.5. The Morgan fingerprint density at radius 3 is 2.05 bits per heavy atom. The second-order valence-electron chi connectivity index (χ2n) is 16.3. The molecule has 1 aliphatic rings. The second kappa shape index (κ2) is 20.2. The minimum absolute atomic E-state index is 0.0328. The molecule has 8 heteroatoms. The minimum Gasteiger partial charge on any atom is -0.494 e. The minimum atomic E-state index is -1.04. The van der Waals surface area contributed by atoms with Crippen molar-refractivity contribution in [2.45, 2.75) is 123 Å². The van der Waals surface area contributed by atoms with Gasteiger partial charge < -0.3 is 15.2 Å². The first kappa shape index (κ1) is 41.3. The molecule has 0 bridgehead atoms. The molecule has 0 unspecified atom stereocenters. The van der Waals surface area contributed by atoms with Gasteiger partial charge in [-0.25, -0.2) is 14.8 Å². The largest absolute Gasteiger partial charge is 0.494 e. The van der Waals surface area contributed by atoms with Crippen molar-refractivity contribution in [1.29, 1.82) is 0 Å². The van der Waals surface area contributed by atoms with Crippen LogP contribution in [-0.2, 0) is 21.4 Å². The molecule has 0 spiro atoms. The van der Waals surface area contributed by atoms with Crippen molar-refractivity contribution in [2.24, 2.45) is 11.8 Å². The Morgan fingerprint density at radius 1 is 0.800 bits per heavy atom. The summed E-state index contributed by atoms with van der Waals surface area (Å²) in [5.74, 6) is -0.628. The number of carbonyl (C=O) groups excluding carboxylic acids is 2. The lowest BCUT2D eigenvalue weighted by atomic mass is 9.84. The number of ketones is 1. The summed E-state index contributed by atoms with van der Waals surface area (Å²) in [5, 5.41) is 12.9. The van der Waals surface area contributed by atoms with Crippen molar-refractivity contribution in [3.63, 3.8) is 0 Å². The van der Waals surface area contributed by atoms with E-state index in [4.69, 9.17) is 4.74 Å². The van der Waals surface area contributed by atoms with Crippen LogP contribution < -0.4 is 10.1 Å². The molecule has 3 aromatic carbocycles. The molecule has 8 nitrogen and oxygen atoms in total. The Labute approximate surface area is 327 Å². The summed E-state index contributed by atoms with van der Waals surface area (Å²) < 4.78 is 5.91. The van der Waals surface area contributed by atoms with Crippen LogP contribution in [0.15, 0.2) is 85.2 Å². The molecule has 4 aromatic rings. The lowest BCUT2D eigenvalue weighted by Crippen LogP contribution is -2.45. The van der Waals surface area contributed by atoms with E-state index in [9.17, 15) is 19.5 Å². The monoisotopic (exact) mass is 745 g/mol. The maximum atomic E-state index is 13.8. The van der Waals surface area contributed by atoms with Crippen molar-refractivity contribution in [3.8, 4) is 28.3 Å². The summed E-state index contributed by atoms with van der Waals surface area (Å²) in [5.41, 5.74) is 5.20. The van der Waals surface area contributed by atoms with Gasteiger partial charge in [0.05, 0.1) is 6.61 Å². The maximum absolute atomic E-state index is 13.8. The fourth-order valence-electron chi connectivity index (χ4n) is 7.36. The number of hydrogen-bond donors (Lipinski definition) is 2. The number of amides is 1. The van der Waals surface area contributed by atoms with E-state index in [2.05, 4.69) is 43.0 Å². The van der Waals surface area contributed by atoms with Gasteiger partial charge in [0.2, 0.25) is 5.91 Å². The topological polar surface area (TPSA) is 118 Å². The molecule has 0 saturated heterocycles. The van der Waals surface area contributed by atoms with Crippen LogP contribution in [0.3, 0.4) is 0 Å². The maximum Gasteiger partial charge on any atom is 0.326 e. The number of aromatic nitrogens is 2. The van der Waals surface area contributed by atoms with Gasteiger partial charge in [0, 0.05) is 41.4 Å². The predicted molar refractivity (Wildman–Crippen MR) is 219 cm³/mol. The number of hydrogen-bond acceptors (Lipinski definition) is 6. The highest BCUT2D eigenvalue weighted by Crippen LogP contribution is 2.29. The molecule has 0 aliphatic heterocycles. The first-order chi connectivity index (χ1) is 26.5. The summed E-state index contributed by atoms with van der Waals surface area (Å²) in [4.78, 5) is 49.0. The molecule has 5 rings (SSSR count). The van der Waals surface area contributed by atoms with E-state index in [1.54, 1.807) is 0 Å². The van der Waals surface area contributed by atoms with Crippen molar-refractivity contribution >= 4 is 17.7 Å². The third kappa shape index (κ3) is 12.6. The molecule has 55 heavy (non-hydrogen) atoms. The van der Waals surface area contributed by atoms with Gasteiger partial charge in [0.1, 0.15) is 11.8 Å². The number of carboxylic acid groups (broad SMARTS) is 1. The van der Waals surface area contributed by atoms with Gasteiger partial charge in [0.15, 0.2) is 11.6 Å². The molecular formula is C47H59N3O5. The van der Waals surface area contributed by atoms with Crippen LogP contribution in [-0.4, -0.2) is 45.4 Å². The first-order valence-corrected chi connectivity index (χ1v) is 20.3. The molecule has 0 radical (unpaired) electrons. The van der Waals surface area contributed by atoms with E-state index in [-0.39, 0.29) is 30.0 Å². The van der Waals surface area contributed by atoms with Crippen LogP contribution in [0.5, 0.6) is 5.75 Å². The van der Waals surface area contributed by atoms with Gasteiger partial charge in [-0.05, 0) is 59.4 Å². The van der Waals surface area contributed by atoms with Crippen molar-refractivity contribution < 1.29 is 24.2 Å². The zero-order chi connectivity index (χ0) is 39.2. The Hall–Kier alpha value is -4.85. The van der Waals surface area contributed by atoms with Crippen LogP contribution >= 0.6 is 0 Å². The molecule has 1 amide bonds. The van der Waals surface area contributed by atoms with Gasteiger partial charge in [-0.3, -0.25) is 9.59 Å². The summed E-state index contributed by atoms with van der Waals surface area (Å²) >= 11 is 0. The molecule has 1 aliphatic carbocycles. The molecule has 292 valence electrons. The number of nitrogens with one attached hydrogen (secondary N) is 1. The summed E-state index contributed by atoms with van der Waals surface area (Å²) in [6.07, 6.45) is 15.6. The quantitative estimate of drug-likeness (QED) is 0.0724. The van der Waals surface area contributed by atoms with Crippen LogP contribution in [0, 0.1) is 11.8 Å². The van der Waals surface area contributed by atoms with E-state index in [1.165, 1.54) is 32.1 Å². The van der Waals surface area contributed by atoms with Crippen molar-refractivity contribution in [2.75, 3.05) is 6.61 Å². The number of benzene rings is 3. The standard InChI is InChI=1S/C47H59N3O5/c1-5-6-7-8-12-27-55-41-25-21-35(22-26-41)39-31-48-44(49-32-39)37-17-15-34(16-18-37)28-38(30-43(51)36-19-23-40(24-20-36)47(2,3)4)45(52)50-42(46(53)54)29-33-13-10-9-11-14-33/h15-26,31-33,38,42H,5-14,27-30H2,1-4H3,(H,50,52)(H,53,54)/t38-,42+/m1/s1. The SMILES string of the molecule is CCCCCCCOc1ccc(-c2cnc(-c3ccc(C[C@H](CC(=O)c4ccc(C(C)(C)C)cc4)C(=O)N[C@@H](CC4CCCCC4)C(=O)O)cc3)nc2)cc1. The lowest BCUT2D eigenvalue weighted by Gasteiger charge is -2.26. The molecular weight excluding hydrogens is 687 g/mol. The van der Waals surface area contributed by atoms with Crippen LogP contribution in [0.4, 0.5) is 0 Å². The number of carbonyl (C=O) groups is 3. The highest BCUT2D eigenvalue weighted by Gasteiger charge is 2.30. The zero-order valence-electron chi connectivity index (χ0n) is 33.2. The lowest BCUT2D eigenvalue weighted by molar-refractivity contribution is -0.143. The van der Waals surface area contributed by atoms with Gasteiger partial charge in [0.25, 0.3) is 0 Å².